The van der Waals surface area contributed by atoms with E-state index in [9.17, 15) is 9.59 Å². The third-order valence-electron chi connectivity index (χ3n) is 5.77. The Balaban J connectivity index is 1.39. The van der Waals surface area contributed by atoms with Crippen LogP contribution in [0, 0.1) is 0 Å². The quantitative estimate of drug-likeness (QED) is 0.604. The normalized spacial score (nSPS) is 14.8. The summed E-state index contributed by atoms with van der Waals surface area (Å²) in [5, 5.41) is 3.13. The van der Waals surface area contributed by atoms with Crippen LogP contribution in [-0.2, 0) is 23.3 Å². The lowest BCUT2D eigenvalue weighted by Gasteiger charge is -2.40. The maximum atomic E-state index is 13.0. The SMILES string of the molecule is O=C(NCc1ccc(Cn2ccccc2=O)cc1)C1(c2ccc(Br)cc2)CCC1. The third-order valence-corrected chi connectivity index (χ3v) is 6.30. The Morgan fingerprint density at radius 2 is 1.66 bits per heavy atom. The van der Waals surface area contributed by atoms with Crippen molar-refractivity contribution in [3.63, 3.8) is 0 Å². The Kier molecular flexibility index (Phi) is 5.67. The fourth-order valence-electron chi connectivity index (χ4n) is 3.85. The average molecular weight is 451 g/mol. The molecule has 3 aromatic rings. The monoisotopic (exact) mass is 450 g/mol. The lowest BCUT2D eigenvalue weighted by atomic mass is 9.64. The van der Waals surface area contributed by atoms with Crippen molar-refractivity contribution >= 4 is 21.8 Å². The van der Waals surface area contributed by atoms with E-state index >= 15 is 0 Å². The molecule has 0 aliphatic heterocycles. The molecule has 0 atom stereocenters. The highest BCUT2D eigenvalue weighted by atomic mass is 79.9. The number of hydrogen-bond acceptors (Lipinski definition) is 2. The molecular formula is C24H23BrN2O2. The first-order chi connectivity index (χ1) is 14.1. The van der Waals surface area contributed by atoms with Gasteiger partial charge >= 0.3 is 0 Å². The van der Waals surface area contributed by atoms with Gasteiger partial charge in [0, 0.05) is 23.3 Å². The van der Waals surface area contributed by atoms with Crippen molar-refractivity contribution in [2.75, 3.05) is 0 Å². The summed E-state index contributed by atoms with van der Waals surface area (Å²) in [6, 6.07) is 21.3. The van der Waals surface area contributed by atoms with Gasteiger partial charge in [-0.2, -0.15) is 0 Å². The number of aromatic nitrogens is 1. The van der Waals surface area contributed by atoms with Crippen molar-refractivity contribution in [3.8, 4) is 0 Å². The molecule has 1 heterocycles. The first-order valence-electron chi connectivity index (χ1n) is 9.84. The average Bonchev–Trinajstić information content (AvgIpc) is 2.70. The summed E-state index contributed by atoms with van der Waals surface area (Å²) >= 11 is 3.46. The van der Waals surface area contributed by atoms with Crippen LogP contribution in [0.15, 0.2) is 82.2 Å². The number of halogens is 1. The number of carbonyl (C=O) groups excluding carboxylic acids is 1. The van der Waals surface area contributed by atoms with Crippen LogP contribution < -0.4 is 10.9 Å². The summed E-state index contributed by atoms with van der Waals surface area (Å²) in [4.78, 5) is 24.8. The Labute approximate surface area is 178 Å². The molecule has 1 fully saturated rings. The second kappa shape index (κ2) is 8.37. The number of carbonyl (C=O) groups is 1. The molecule has 5 heteroatoms. The Bertz CT molecular complexity index is 1050. The van der Waals surface area contributed by atoms with Crippen LogP contribution in [0.1, 0.15) is 36.0 Å². The number of benzene rings is 2. The van der Waals surface area contributed by atoms with E-state index in [1.807, 2.05) is 54.6 Å². The van der Waals surface area contributed by atoms with E-state index in [1.165, 1.54) is 0 Å². The highest BCUT2D eigenvalue weighted by molar-refractivity contribution is 9.10. The van der Waals surface area contributed by atoms with E-state index in [-0.39, 0.29) is 11.5 Å². The van der Waals surface area contributed by atoms with Crippen molar-refractivity contribution < 1.29 is 4.79 Å². The van der Waals surface area contributed by atoms with Crippen LogP contribution in [0.2, 0.25) is 0 Å². The lowest BCUT2D eigenvalue weighted by molar-refractivity contribution is -0.130. The van der Waals surface area contributed by atoms with E-state index in [0.717, 1.165) is 40.4 Å². The molecule has 1 amide bonds. The Hall–Kier alpha value is -2.66. The largest absolute Gasteiger partial charge is 0.351 e. The number of amides is 1. The topological polar surface area (TPSA) is 51.1 Å². The van der Waals surface area contributed by atoms with Crippen LogP contribution in [0.3, 0.4) is 0 Å². The number of pyridine rings is 1. The molecule has 4 nitrogen and oxygen atoms in total. The molecule has 0 saturated heterocycles. The van der Waals surface area contributed by atoms with E-state index in [1.54, 1.807) is 22.9 Å². The fraction of sp³-hybridized carbons (Fsp3) is 0.250. The summed E-state index contributed by atoms with van der Waals surface area (Å²) in [6.45, 7) is 1.04. The van der Waals surface area contributed by atoms with Crippen molar-refractivity contribution in [1.29, 1.82) is 0 Å². The fourth-order valence-corrected chi connectivity index (χ4v) is 4.11. The van der Waals surface area contributed by atoms with Gasteiger partial charge in [-0.25, -0.2) is 0 Å². The first-order valence-corrected chi connectivity index (χ1v) is 10.6. The van der Waals surface area contributed by atoms with Gasteiger partial charge in [-0.1, -0.05) is 64.8 Å². The van der Waals surface area contributed by atoms with Crippen molar-refractivity contribution in [2.45, 2.75) is 37.8 Å². The van der Waals surface area contributed by atoms with Crippen LogP contribution in [0.4, 0.5) is 0 Å². The summed E-state index contributed by atoms with van der Waals surface area (Å²) in [6.07, 6.45) is 4.66. The molecule has 2 aromatic carbocycles. The van der Waals surface area contributed by atoms with Gasteiger partial charge in [-0.3, -0.25) is 9.59 Å². The van der Waals surface area contributed by atoms with Gasteiger partial charge in [0.2, 0.25) is 5.91 Å². The lowest BCUT2D eigenvalue weighted by Crippen LogP contribution is -2.48. The first kappa shape index (κ1) is 19.6. The Morgan fingerprint density at radius 3 is 2.28 bits per heavy atom. The molecule has 0 unspecified atom stereocenters. The molecule has 0 bridgehead atoms. The highest BCUT2D eigenvalue weighted by Gasteiger charge is 2.45. The minimum atomic E-state index is -0.394. The predicted molar refractivity (Wildman–Crippen MR) is 118 cm³/mol. The van der Waals surface area contributed by atoms with Crippen LogP contribution in [-0.4, -0.2) is 10.5 Å². The van der Waals surface area contributed by atoms with E-state index in [2.05, 4.69) is 21.2 Å². The summed E-state index contributed by atoms with van der Waals surface area (Å²) in [5.41, 5.74) is 2.79. The summed E-state index contributed by atoms with van der Waals surface area (Å²) in [5.74, 6) is 0.103. The molecule has 1 aliphatic carbocycles. The zero-order valence-corrected chi connectivity index (χ0v) is 17.7. The molecule has 1 saturated carbocycles. The van der Waals surface area contributed by atoms with Crippen LogP contribution in [0.5, 0.6) is 0 Å². The molecule has 1 N–H and O–H groups in total. The predicted octanol–water partition coefficient (Wildman–Crippen LogP) is 4.40. The Morgan fingerprint density at radius 1 is 0.966 bits per heavy atom. The maximum Gasteiger partial charge on any atom is 0.250 e. The molecule has 148 valence electrons. The number of nitrogens with one attached hydrogen (secondary N) is 1. The smallest absolute Gasteiger partial charge is 0.250 e. The van der Waals surface area contributed by atoms with E-state index in [4.69, 9.17) is 0 Å². The van der Waals surface area contributed by atoms with E-state index < -0.39 is 5.41 Å². The van der Waals surface area contributed by atoms with Gasteiger partial charge in [-0.15, -0.1) is 0 Å². The number of nitrogens with zero attached hydrogens (tertiary/aromatic N) is 1. The minimum Gasteiger partial charge on any atom is -0.351 e. The van der Waals surface area contributed by atoms with Gasteiger partial charge in [0.25, 0.3) is 5.56 Å². The van der Waals surface area contributed by atoms with Gasteiger partial charge in [0.05, 0.1) is 12.0 Å². The van der Waals surface area contributed by atoms with Crippen molar-refractivity contribution in [3.05, 3.63) is 104 Å². The molecular weight excluding hydrogens is 428 g/mol. The van der Waals surface area contributed by atoms with Gasteiger partial charge < -0.3 is 9.88 Å². The minimum absolute atomic E-state index is 0.0115. The number of rotatable bonds is 6. The molecule has 1 aliphatic rings. The van der Waals surface area contributed by atoms with Gasteiger partial charge in [-0.05, 0) is 47.7 Å². The van der Waals surface area contributed by atoms with Crippen LogP contribution in [0.25, 0.3) is 0 Å². The van der Waals surface area contributed by atoms with Gasteiger partial charge in [0.15, 0.2) is 0 Å². The molecule has 4 rings (SSSR count). The molecule has 29 heavy (non-hydrogen) atoms. The second-order valence-electron chi connectivity index (χ2n) is 7.61. The van der Waals surface area contributed by atoms with Crippen molar-refractivity contribution in [1.82, 2.24) is 9.88 Å². The van der Waals surface area contributed by atoms with E-state index in [0.29, 0.717) is 13.1 Å². The highest BCUT2D eigenvalue weighted by Crippen LogP contribution is 2.44. The summed E-state index contributed by atoms with van der Waals surface area (Å²) in [7, 11) is 0. The third kappa shape index (κ3) is 4.20. The molecule has 1 aromatic heterocycles. The summed E-state index contributed by atoms with van der Waals surface area (Å²) < 4.78 is 2.70. The number of hydrogen-bond donors (Lipinski definition) is 1. The zero-order chi connectivity index (χ0) is 20.3. The maximum absolute atomic E-state index is 13.0. The van der Waals surface area contributed by atoms with Crippen molar-refractivity contribution in [2.24, 2.45) is 0 Å². The van der Waals surface area contributed by atoms with Gasteiger partial charge in [0.1, 0.15) is 0 Å². The molecule has 0 radical (unpaired) electrons. The standard InChI is InChI=1S/C24H23BrN2O2/c25-21-11-9-20(10-12-21)24(13-3-14-24)23(29)26-16-18-5-7-19(8-6-18)17-27-15-2-1-4-22(27)28/h1-2,4-12,15H,3,13-14,16-17H2,(H,26,29). The van der Waals surface area contributed by atoms with Crippen LogP contribution >= 0.6 is 15.9 Å². The second-order valence-corrected chi connectivity index (χ2v) is 8.52. The molecule has 0 spiro atoms. The zero-order valence-electron chi connectivity index (χ0n) is 16.1.